The molecule has 2 amide bonds. The van der Waals surface area contributed by atoms with E-state index in [9.17, 15) is 9.59 Å². The number of carbonyl (C=O) groups is 2. The first kappa shape index (κ1) is 20.3. The van der Waals surface area contributed by atoms with Crippen LogP contribution >= 0.6 is 0 Å². The van der Waals surface area contributed by atoms with Crippen molar-refractivity contribution < 1.29 is 9.59 Å². The predicted molar refractivity (Wildman–Crippen MR) is 107 cm³/mol. The number of carbonyl (C=O) groups excluding carboxylic acids is 2. The highest BCUT2D eigenvalue weighted by molar-refractivity contribution is 5.91. The van der Waals surface area contributed by atoms with Crippen molar-refractivity contribution in [3.63, 3.8) is 0 Å². The lowest BCUT2D eigenvalue weighted by Gasteiger charge is -2.33. The summed E-state index contributed by atoms with van der Waals surface area (Å²) in [5.74, 6) is 0.847. The van der Waals surface area contributed by atoms with Crippen molar-refractivity contribution in [3.05, 3.63) is 23.8 Å². The fourth-order valence-electron chi connectivity index (χ4n) is 3.01. The molecular weight excluding hydrogens is 326 g/mol. The van der Waals surface area contributed by atoms with Crippen LogP contribution in [0.3, 0.4) is 0 Å². The van der Waals surface area contributed by atoms with Crippen molar-refractivity contribution in [2.75, 3.05) is 24.3 Å². The number of benzene rings is 1. The highest BCUT2D eigenvalue weighted by Gasteiger charge is 2.36. The Morgan fingerprint density at radius 2 is 1.85 bits per heavy atom. The molecule has 1 N–H and O–H groups in total. The van der Waals surface area contributed by atoms with Crippen molar-refractivity contribution in [1.82, 2.24) is 4.90 Å². The van der Waals surface area contributed by atoms with Crippen LogP contribution in [0.25, 0.3) is 0 Å². The lowest BCUT2D eigenvalue weighted by atomic mass is 10.0. The summed E-state index contributed by atoms with van der Waals surface area (Å²) in [5, 5.41) is 2.93. The van der Waals surface area contributed by atoms with Gasteiger partial charge in [-0.25, -0.2) is 0 Å². The Kier molecular flexibility index (Phi) is 6.68. The number of hydrogen-bond donors (Lipinski definition) is 1. The van der Waals surface area contributed by atoms with Gasteiger partial charge in [0.15, 0.2) is 0 Å². The summed E-state index contributed by atoms with van der Waals surface area (Å²) < 4.78 is 0. The second-order valence-electron chi connectivity index (χ2n) is 7.86. The van der Waals surface area contributed by atoms with E-state index in [1.807, 2.05) is 44.1 Å². The third-order valence-corrected chi connectivity index (χ3v) is 5.17. The van der Waals surface area contributed by atoms with Crippen LogP contribution in [0.2, 0.25) is 0 Å². The summed E-state index contributed by atoms with van der Waals surface area (Å²) in [5.41, 5.74) is 2.92. The molecule has 5 heteroatoms. The zero-order valence-corrected chi connectivity index (χ0v) is 17.0. The monoisotopic (exact) mass is 359 g/mol. The standard InChI is InChI=1S/C21H33N3O2/c1-7-20(25)22-18-10-11-19(23(5)6)17(12-18)13-24(15(4)14(2)3)21(26)16-8-9-16/h10-12,14-16H,7-9,13H2,1-6H3,(H,22,25). The topological polar surface area (TPSA) is 52.7 Å². The van der Waals surface area contributed by atoms with Crippen molar-refractivity contribution in [2.45, 2.75) is 59.5 Å². The molecule has 1 fully saturated rings. The maximum Gasteiger partial charge on any atom is 0.226 e. The number of anilines is 2. The summed E-state index contributed by atoms with van der Waals surface area (Å²) in [6, 6.07) is 6.11. The van der Waals surface area contributed by atoms with E-state index < -0.39 is 0 Å². The van der Waals surface area contributed by atoms with Crippen molar-refractivity contribution >= 4 is 23.2 Å². The van der Waals surface area contributed by atoms with Gasteiger partial charge in [0.2, 0.25) is 11.8 Å². The average Bonchev–Trinajstić information content (AvgIpc) is 3.43. The van der Waals surface area contributed by atoms with Gasteiger partial charge in [-0.3, -0.25) is 9.59 Å². The first-order chi connectivity index (χ1) is 12.2. The first-order valence-corrected chi connectivity index (χ1v) is 9.65. The highest BCUT2D eigenvalue weighted by atomic mass is 16.2. The molecule has 0 spiro atoms. The average molecular weight is 360 g/mol. The molecule has 0 radical (unpaired) electrons. The minimum atomic E-state index is -0.00462. The minimum absolute atomic E-state index is 0.00462. The number of hydrogen-bond acceptors (Lipinski definition) is 3. The maximum atomic E-state index is 12.9. The third-order valence-electron chi connectivity index (χ3n) is 5.17. The Morgan fingerprint density at radius 3 is 2.35 bits per heavy atom. The van der Waals surface area contributed by atoms with Crippen molar-refractivity contribution in [3.8, 4) is 0 Å². The summed E-state index contributed by atoms with van der Waals surface area (Å²) >= 11 is 0. The van der Waals surface area contributed by atoms with E-state index in [-0.39, 0.29) is 23.8 Å². The first-order valence-electron chi connectivity index (χ1n) is 9.65. The molecule has 0 aromatic heterocycles. The van der Waals surface area contributed by atoms with E-state index in [0.717, 1.165) is 29.8 Å². The Labute approximate surface area is 157 Å². The molecule has 0 saturated heterocycles. The van der Waals surface area contributed by atoms with Gasteiger partial charge in [-0.15, -0.1) is 0 Å². The molecule has 0 bridgehead atoms. The summed E-state index contributed by atoms with van der Waals surface area (Å²) in [6.45, 7) is 8.84. The van der Waals surface area contributed by atoms with Gasteiger partial charge in [0.1, 0.15) is 0 Å². The van der Waals surface area contributed by atoms with Crippen LogP contribution < -0.4 is 10.2 Å². The molecule has 5 nitrogen and oxygen atoms in total. The van der Waals surface area contributed by atoms with Crippen molar-refractivity contribution in [1.29, 1.82) is 0 Å². The fourth-order valence-corrected chi connectivity index (χ4v) is 3.01. The van der Waals surface area contributed by atoms with Gasteiger partial charge < -0.3 is 15.1 Å². The second-order valence-corrected chi connectivity index (χ2v) is 7.86. The lowest BCUT2D eigenvalue weighted by molar-refractivity contribution is -0.136. The number of rotatable bonds is 8. The summed E-state index contributed by atoms with van der Waals surface area (Å²) in [4.78, 5) is 28.7. The largest absolute Gasteiger partial charge is 0.377 e. The molecule has 1 unspecified atom stereocenters. The zero-order valence-electron chi connectivity index (χ0n) is 17.0. The van der Waals surface area contributed by atoms with E-state index in [4.69, 9.17) is 0 Å². The molecule has 1 aromatic rings. The quantitative estimate of drug-likeness (QED) is 0.766. The van der Waals surface area contributed by atoms with Gasteiger partial charge >= 0.3 is 0 Å². The molecule has 1 atom stereocenters. The van der Waals surface area contributed by atoms with Gasteiger partial charge in [0.25, 0.3) is 0 Å². The number of nitrogens with one attached hydrogen (secondary N) is 1. The number of amides is 2. The molecule has 0 heterocycles. The maximum absolute atomic E-state index is 12.9. The minimum Gasteiger partial charge on any atom is -0.377 e. The zero-order chi connectivity index (χ0) is 19.4. The third kappa shape index (κ3) is 4.99. The Morgan fingerprint density at radius 1 is 1.19 bits per heavy atom. The van der Waals surface area contributed by atoms with Gasteiger partial charge in [0.05, 0.1) is 0 Å². The Balaban J connectivity index is 2.33. The SMILES string of the molecule is CCC(=O)Nc1ccc(N(C)C)c(CN(C(=O)C2CC2)C(C)C(C)C)c1. The summed E-state index contributed by atoms with van der Waals surface area (Å²) in [7, 11) is 4.00. The highest BCUT2D eigenvalue weighted by Crippen LogP contribution is 2.34. The molecule has 1 aromatic carbocycles. The molecule has 1 aliphatic rings. The molecule has 0 aliphatic heterocycles. The lowest BCUT2D eigenvalue weighted by Crippen LogP contribution is -2.42. The Bertz CT molecular complexity index is 651. The van der Waals surface area contributed by atoms with E-state index in [1.165, 1.54) is 0 Å². The van der Waals surface area contributed by atoms with Gasteiger partial charge in [-0.1, -0.05) is 20.8 Å². The normalized spacial score (nSPS) is 14.9. The van der Waals surface area contributed by atoms with Crippen LogP contribution in [-0.4, -0.2) is 36.9 Å². The Hall–Kier alpha value is -2.04. The van der Waals surface area contributed by atoms with Crippen LogP contribution in [0.1, 0.15) is 52.5 Å². The fraction of sp³-hybridized carbons (Fsp3) is 0.619. The smallest absolute Gasteiger partial charge is 0.226 e. The second kappa shape index (κ2) is 8.56. The summed E-state index contributed by atoms with van der Waals surface area (Å²) in [6.07, 6.45) is 2.46. The van der Waals surface area contributed by atoms with Crippen LogP contribution in [0.5, 0.6) is 0 Å². The van der Waals surface area contributed by atoms with E-state index in [0.29, 0.717) is 18.9 Å². The van der Waals surface area contributed by atoms with E-state index >= 15 is 0 Å². The van der Waals surface area contributed by atoms with Crippen LogP contribution in [0.4, 0.5) is 11.4 Å². The molecule has 144 valence electrons. The van der Waals surface area contributed by atoms with Crippen LogP contribution in [0, 0.1) is 11.8 Å². The molecule has 1 aliphatic carbocycles. The van der Waals surface area contributed by atoms with E-state index in [2.05, 4.69) is 31.0 Å². The molecule has 1 saturated carbocycles. The molecular formula is C21H33N3O2. The van der Waals surface area contributed by atoms with Crippen LogP contribution in [-0.2, 0) is 16.1 Å². The van der Waals surface area contributed by atoms with Gasteiger partial charge in [-0.05, 0) is 49.4 Å². The van der Waals surface area contributed by atoms with Crippen molar-refractivity contribution in [2.24, 2.45) is 11.8 Å². The molecule has 2 rings (SSSR count). The van der Waals surface area contributed by atoms with E-state index in [1.54, 1.807) is 0 Å². The predicted octanol–water partition coefficient (Wildman–Crippen LogP) is 3.88. The van der Waals surface area contributed by atoms with Gasteiger partial charge in [-0.2, -0.15) is 0 Å². The van der Waals surface area contributed by atoms with Crippen LogP contribution in [0.15, 0.2) is 18.2 Å². The molecule has 26 heavy (non-hydrogen) atoms. The number of nitrogens with zero attached hydrogens (tertiary/aromatic N) is 2. The van der Waals surface area contributed by atoms with Gasteiger partial charge in [0, 0.05) is 50.4 Å².